The third-order valence-electron chi connectivity index (χ3n) is 25.8. The first-order valence-electron chi connectivity index (χ1n) is 45.3. The number of epoxide rings is 2. The van der Waals surface area contributed by atoms with E-state index in [1.807, 2.05) is 274 Å². The van der Waals surface area contributed by atoms with Crippen LogP contribution in [-0.4, -0.2) is 131 Å². The lowest BCUT2D eigenvalue weighted by Gasteiger charge is -2.38. The fourth-order valence-electron chi connectivity index (χ4n) is 19.9. The van der Waals surface area contributed by atoms with Gasteiger partial charge in [-0.15, -0.1) is 0 Å². The van der Waals surface area contributed by atoms with Crippen molar-refractivity contribution in [2.45, 2.75) is 118 Å². The molecule has 4 atom stereocenters. The number of amides is 8. The first kappa shape index (κ1) is 85.3. The lowest BCUT2D eigenvalue weighted by Crippen LogP contribution is -2.55. The third-order valence-corrected chi connectivity index (χ3v) is 25.8. The molecule has 2 saturated heterocycles. The third kappa shape index (κ3) is 16.3. The number of nitrogens with zero attached hydrogens (tertiary/aromatic N) is 4. The summed E-state index contributed by atoms with van der Waals surface area (Å²) >= 11 is 0. The van der Waals surface area contributed by atoms with E-state index >= 15 is 28.8 Å². The van der Waals surface area contributed by atoms with Gasteiger partial charge < -0.3 is 57.7 Å². The first-order chi connectivity index (χ1) is 64.9. The molecular weight excluding hydrogens is 1690 g/mol. The van der Waals surface area contributed by atoms with Crippen LogP contribution in [-0.2, 0) is 54.6 Å². The Kier molecular flexibility index (Phi) is 22.0. The lowest BCUT2D eigenvalue weighted by molar-refractivity contribution is -0.137. The molecule has 22 heteroatoms. The Balaban J connectivity index is 0.848. The van der Waals surface area contributed by atoms with Crippen LogP contribution in [0.2, 0.25) is 0 Å². The molecule has 0 saturated carbocycles. The van der Waals surface area contributed by atoms with E-state index in [4.69, 9.17) is 37.3 Å². The van der Waals surface area contributed by atoms with Crippen molar-refractivity contribution in [1.29, 1.82) is 0 Å². The SMILES string of the molecule is Cc1cc(C)cc(Oc2cc3c4c(cc(Oc5cc(C)cc(C)c5)c5c6c(Oc7cc(C)cc(C)c7)cc7c8c(cc(Oc9cc(C)cc(C)c9)c(c2c45)c86)C(=O)N(C(Cc2cccc4c2oc2ccccc24)C(=O)N(CCC(=O)NCC2CO2)Cc2ccccc2)C7=O)C(=O)N(C(Cc2cccc4c2oc2ccccc24)C(=O)N(CCC(=O)NCC2CO2)Cc2ccccc2)C3=O)c1. The van der Waals surface area contributed by atoms with E-state index in [0.717, 1.165) is 75.9 Å². The molecule has 4 unspecified atom stereocenters. The van der Waals surface area contributed by atoms with Gasteiger partial charge in [-0.25, -0.2) is 0 Å². The molecule has 0 aliphatic carbocycles. The van der Waals surface area contributed by atoms with Crippen molar-refractivity contribution in [3.05, 3.63) is 332 Å². The van der Waals surface area contributed by atoms with E-state index in [-0.39, 0.29) is 177 Å². The van der Waals surface area contributed by atoms with E-state index in [9.17, 15) is 9.59 Å². The number of rotatable bonds is 30. The summed E-state index contributed by atoms with van der Waals surface area (Å²) in [6.07, 6.45) is -1.12. The predicted molar refractivity (Wildman–Crippen MR) is 513 cm³/mol. The number of ether oxygens (including phenoxy) is 6. The minimum absolute atomic E-state index is 0.0288. The number of fused-ring (bicyclic) bond motifs is 8. The molecule has 4 aliphatic heterocycles. The second-order valence-electron chi connectivity index (χ2n) is 36.1. The summed E-state index contributed by atoms with van der Waals surface area (Å²) in [6, 6.07) is 71.0. The Bertz CT molecular complexity index is 6990. The van der Waals surface area contributed by atoms with Crippen LogP contribution in [0.25, 0.3) is 87.0 Å². The molecule has 4 aliphatic rings. The van der Waals surface area contributed by atoms with E-state index < -0.39 is 47.5 Å². The van der Waals surface area contributed by atoms with Crippen molar-refractivity contribution in [2.75, 3.05) is 39.4 Å². The van der Waals surface area contributed by atoms with Crippen LogP contribution in [0.5, 0.6) is 46.0 Å². The van der Waals surface area contributed by atoms with Crippen molar-refractivity contribution in [3.8, 4) is 46.0 Å². The molecule has 2 aromatic heterocycles. The lowest BCUT2D eigenvalue weighted by atomic mass is 9.80. The van der Waals surface area contributed by atoms with Crippen LogP contribution in [0.1, 0.15) is 121 Å². The number of hydrogen-bond donors (Lipinski definition) is 2. The van der Waals surface area contributed by atoms with Gasteiger partial charge in [0.25, 0.3) is 23.6 Å². The number of carbonyl (C=O) groups is 8. The zero-order valence-electron chi connectivity index (χ0n) is 75.2. The average molecular weight is 1780 g/mol. The van der Waals surface area contributed by atoms with Gasteiger partial charge in [-0.2, -0.15) is 0 Å². The quantitative estimate of drug-likeness (QED) is 0.0183. The molecule has 8 amide bonds. The van der Waals surface area contributed by atoms with Crippen LogP contribution in [0.15, 0.2) is 251 Å². The van der Waals surface area contributed by atoms with Gasteiger partial charge in [0.2, 0.25) is 23.6 Å². The van der Waals surface area contributed by atoms with E-state index in [1.54, 1.807) is 24.3 Å². The van der Waals surface area contributed by atoms with Gasteiger partial charge in [0.05, 0.1) is 47.7 Å². The zero-order chi connectivity index (χ0) is 92.2. The highest BCUT2D eigenvalue weighted by Crippen LogP contribution is 2.59. The number of para-hydroxylation sites is 4. The summed E-state index contributed by atoms with van der Waals surface area (Å²) in [4.78, 5) is 138. The topological polar surface area (TPSA) is 262 Å². The highest BCUT2D eigenvalue weighted by atomic mass is 16.6. The minimum atomic E-state index is -1.68. The molecule has 2 N–H and O–H groups in total. The summed E-state index contributed by atoms with van der Waals surface area (Å²) in [6.45, 7) is 16.7. The Morgan fingerprint density at radius 2 is 0.642 bits per heavy atom. The second-order valence-corrected chi connectivity index (χ2v) is 36.1. The highest BCUT2D eigenvalue weighted by Gasteiger charge is 2.49. The average Bonchev–Trinajstić information content (AvgIpc) is 0.897. The predicted octanol–water partition coefficient (Wildman–Crippen LogP) is 21.5. The molecule has 15 aromatic carbocycles. The second kappa shape index (κ2) is 34.6. The van der Waals surface area contributed by atoms with Gasteiger partial charge in [-0.3, -0.25) is 48.2 Å². The maximum atomic E-state index is 17.6. The maximum Gasteiger partial charge on any atom is 0.262 e. The van der Waals surface area contributed by atoms with Crippen LogP contribution in [0, 0.1) is 55.4 Å². The normalized spacial score (nSPS) is 15.0. The van der Waals surface area contributed by atoms with Gasteiger partial charge in [-0.1, -0.05) is 158 Å². The molecule has 17 aromatic rings. The smallest absolute Gasteiger partial charge is 0.262 e. The molecular formula is C112H94N6O16. The standard InChI is InChI=1S/C112H94N6O16/c1-61-37-62(2)42-73(41-61)129-91-51-83-97-84(108(122)117(107(83)121)87(49-71-25-19-29-81-79-27-15-17-31-89(79)133-105(71)81)111(125)115(57-69-21-11-9-12-22-69)35-33-95(119)113-55-77-59-127-77)53-93(131-75-45-65(5)39-66(6)46-75)101-102-94(132-76-47-67(7)40-68(8)48-76)54-86-98-85(52-92(100(104(98)102)99(91)103(97)101)130-74-43-63(3)38-64(4)44-74)109(123)118(110(86)124)88(50-72-26-20-30-82-80-28-16-18-32-90(80)134-106(72)82)112(126)116(58-70-23-13-10-14-24-70)36-34-96(120)114-56-78-60-128-78/h9-32,37-48,51-54,77-78,87-88H,33-36,49-50,55-60H2,1-8H3,(H,113,119)(H,114,120). The largest absolute Gasteiger partial charge is 0.457 e. The number of imide groups is 2. The van der Waals surface area contributed by atoms with E-state index in [0.29, 0.717) is 80.8 Å². The molecule has 21 rings (SSSR count). The highest BCUT2D eigenvalue weighted by molar-refractivity contribution is 6.45. The molecule has 22 nitrogen and oxygen atoms in total. The summed E-state index contributed by atoms with van der Waals surface area (Å²) in [7, 11) is 0. The Labute approximate surface area is 771 Å². The fraction of sp³-hybridized carbons (Fsp3) is 0.214. The monoisotopic (exact) mass is 1780 g/mol. The van der Waals surface area contributed by atoms with Crippen LogP contribution < -0.4 is 29.6 Å². The number of nitrogens with one attached hydrogen (secondary N) is 2. The Hall–Kier alpha value is -15.5. The Morgan fingerprint density at radius 3 is 0.948 bits per heavy atom. The summed E-state index contributed by atoms with van der Waals surface area (Å²) in [5.41, 5.74) is 10.7. The molecule has 0 spiro atoms. The van der Waals surface area contributed by atoms with Crippen molar-refractivity contribution in [2.24, 2.45) is 0 Å². The number of furan rings is 2. The van der Waals surface area contributed by atoms with Gasteiger partial charge >= 0.3 is 0 Å². The van der Waals surface area contributed by atoms with Crippen LogP contribution in [0.3, 0.4) is 0 Å². The molecule has 0 bridgehead atoms. The number of hydrogen-bond acceptors (Lipinski definition) is 16. The number of carbonyl (C=O) groups excluding carboxylic acids is 8. The molecule has 0 radical (unpaired) electrons. The van der Waals surface area contributed by atoms with E-state index in [1.165, 1.54) is 9.80 Å². The molecule has 668 valence electrons. The van der Waals surface area contributed by atoms with Crippen LogP contribution >= 0.6 is 0 Å². The van der Waals surface area contributed by atoms with Crippen molar-refractivity contribution >= 4 is 134 Å². The van der Waals surface area contributed by atoms with Gasteiger partial charge in [0, 0.05) is 130 Å². The summed E-state index contributed by atoms with van der Waals surface area (Å²) in [5.74, 6) is -4.08. The fourth-order valence-corrected chi connectivity index (χ4v) is 19.9. The van der Waals surface area contributed by atoms with Crippen molar-refractivity contribution in [1.82, 2.24) is 30.2 Å². The number of aryl methyl sites for hydroxylation is 8. The maximum absolute atomic E-state index is 17.6. The minimum Gasteiger partial charge on any atom is -0.457 e. The van der Waals surface area contributed by atoms with Gasteiger partial charge in [0.1, 0.15) is 80.4 Å². The van der Waals surface area contributed by atoms with Crippen molar-refractivity contribution < 1.29 is 75.6 Å². The summed E-state index contributed by atoms with van der Waals surface area (Å²) in [5, 5.41) is 10.6. The van der Waals surface area contributed by atoms with Gasteiger partial charge in [0.15, 0.2) is 0 Å². The first-order valence-corrected chi connectivity index (χ1v) is 45.3. The Morgan fingerprint density at radius 1 is 0.351 bits per heavy atom. The zero-order valence-corrected chi connectivity index (χ0v) is 75.2. The molecule has 6 heterocycles. The number of benzene rings is 15. The van der Waals surface area contributed by atoms with Gasteiger partial charge in [-0.05, 0) is 207 Å². The van der Waals surface area contributed by atoms with Crippen molar-refractivity contribution in [3.63, 3.8) is 0 Å². The molecule has 134 heavy (non-hydrogen) atoms. The van der Waals surface area contributed by atoms with Crippen LogP contribution in [0.4, 0.5) is 0 Å². The van der Waals surface area contributed by atoms with E-state index in [2.05, 4.69) is 10.6 Å². The molecule has 2 fully saturated rings. The summed E-state index contributed by atoms with van der Waals surface area (Å²) < 4.78 is 54.8.